The predicted molar refractivity (Wildman–Crippen MR) is 86.2 cm³/mol. The fourth-order valence-electron chi connectivity index (χ4n) is 3.40. The zero-order valence-corrected chi connectivity index (χ0v) is 13.7. The van der Waals surface area contributed by atoms with Crippen LogP contribution >= 0.6 is 23.1 Å². The molecule has 1 aromatic heterocycles. The molecule has 1 N–H and O–H groups in total. The highest BCUT2D eigenvalue weighted by Crippen LogP contribution is 2.37. The molecule has 1 aliphatic heterocycles. The van der Waals surface area contributed by atoms with Gasteiger partial charge in [0.2, 0.25) is 5.91 Å². The van der Waals surface area contributed by atoms with Crippen molar-refractivity contribution in [3.05, 3.63) is 21.9 Å². The summed E-state index contributed by atoms with van der Waals surface area (Å²) < 4.78 is 0. The SMILES string of the molecule is CSC1CCCCC1N1C(=O)CNC1c1ccc(C)s1. The van der Waals surface area contributed by atoms with E-state index in [4.69, 9.17) is 0 Å². The van der Waals surface area contributed by atoms with Gasteiger partial charge in [-0.3, -0.25) is 10.1 Å². The number of nitrogens with zero attached hydrogens (tertiary/aromatic N) is 1. The summed E-state index contributed by atoms with van der Waals surface area (Å²) in [5.74, 6) is 0.270. The molecule has 2 aliphatic rings. The molecule has 110 valence electrons. The molecule has 1 saturated heterocycles. The first-order valence-corrected chi connectivity index (χ1v) is 9.45. The van der Waals surface area contributed by atoms with Gasteiger partial charge in [0.15, 0.2) is 0 Å². The maximum atomic E-state index is 12.4. The maximum Gasteiger partial charge on any atom is 0.238 e. The van der Waals surface area contributed by atoms with Crippen molar-refractivity contribution in [1.29, 1.82) is 0 Å². The van der Waals surface area contributed by atoms with E-state index in [2.05, 4.69) is 35.5 Å². The Balaban J connectivity index is 1.86. The number of hydrogen-bond acceptors (Lipinski definition) is 4. The normalized spacial score (nSPS) is 31.0. The molecule has 1 saturated carbocycles. The minimum absolute atomic E-state index is 0.0962. The number of hydrogen-bond donors (Lipinski definition) is 1. The monoisotopic (exact) mass is 310 g/mol. The van der Waals surface area contributed by atoms with Crippen LogP contribution in [0.5, 0.6) is 0 Å². The largest absolute Gasteiger partial charge is 0.317 e. The molecule has 20 heavy (non-hydrogen) atoms. The minimum atomic E-state index is 0.0962. The number of amides is 1. The summed E-state index contributed by atoms with van der Waals surface area (Å²) in [6.45, 7) is 2.61. The Morgan fingerprint density at radius 2 is 2.15 bits per heavy atom. The van der Waals surface area contributed by atoms with E-state index in [1.54, 1.807) is 11.3 Å². The van der Waals surface area contributed by atoms with Crippen molar-refractivity contribution in [2.75, 3.05) is 12.8 Å². The summed E-state index contributed by atoms with van der Waals surface area (Å²) in [7, 11) is 0. The molecule has 2 heterocycles. The topological polar surface area (TPSA) is 32.3 Å². The zero-order chi connectivity index (χ0) is 14.1. The summed E-state index contributed by atoms with van der Waals surface area (Å²) in [4.78, 5) is 17.1. The lowest BCUT2D eigenvalue weighted by Gasteiger charge is -2.39. The third-order valence-corrected chi connectivity index (χ3v) is 6.58. The van der Waals surface area contributed by atoms with E-state index in [1.807, 2.05) is 11.8 Å². The van der Waals surface area contributed by atoms with Gasteiger partial charge >= 0.3 is 0 Å². The number of aryl methyl sites for hydroxylation is 1. The van der Waals surface area contributed by atoms with E-state index >= 15 is 0 Å². The first kappa shape index (κ1) is 14.4. The van der Waals surface area contributed by atoms with Gasteiger partial charge < -0.3 is 4.90 Å². The van der Waals surface area contributed by atoms with Gasteiger partial charge in [-0.05, 0) is 38.2 Å². The van der Waals surface area contributed by atoms with Crippen LogP contribution < -0.4 is 5.32 Å². The van der Waals surface area contributed by atoms with Crippen LogP contribution in [-0.4, -0.2) is 34.9 Å². The Kier molecular flexibility index (Phi) is 4.38. The highest BCUT2D eigenvalue weighted by Gasteiger charge is 2.41. The molecule has 0 radical (unpaired) electrons. The van der Waals surface area contributed by atoms with Gasteiger partial charge in [0.05, 0.1) is 6.54 Å². The second-order valence-electron chi connectivity index (χ2n) is 5.66. The zero-order valence-electron chi connectivity index (χ0n) is 12.1. The van der Waals surface area contributed by atoms with E-state index in [-0.39, 0.29) is 12.1 Å². The number of carbonyl (C=O) groups is 1. The first-order chi connectivity index (χ1) is 9.70. The number of carbonyl (C=O) groups excluding carboxylic acids is 1. The molecule has 1 aromatic rings. The van der Waals surface area contributed by atoms with Gasteiger partial charge in [0, 0.05) is 21.0 Å². The maximum absolute atomic E-state index is 12.4. The van der Waals surface area contributed by atoms with Crippen molar-refractivity contribution in [1.82, 2.24) is 10.2 Å². The Morgan fingerprint density at radius 3 is 2.85 bits per heavy atom. The van der Waals surface area contributed by atoms with Crippen molar-refractivity contribution in [2.24, 2.45) is 0 Å². The Labute approximate surface area is 129 Å². The smallest absolute Gasteiger partial charge is 0.238 e. The summed E-state index contributed by atoms with van der Waals surface area (Å²) in [6, 6.07) is 4.71. The minimum Gasteiger partial charge on any atom is -0.317 e. The van der Waals surface area contributed by atoms with Crippen molar-refractivity contribution < 1.29 is 4.79 Å². The summed E-state index contributed by atoms with van der Waals surface area (Å²) in [5.41, 5.74) is 0. The Morgan fingerprint density at radius 1 is 1.35 bits per heavy atom. The predicted octanol–water partition coefficient (Wildman–Crippen LogP) is 3.16. The molecular weight excluding hydrogens is 288 g/mol. The van der Waals surface area contributed by atoms with E-state index in [1.165, 1.54) is 29.0 Å². The van der Waals surface area contributed by atoms with Gasteiger partial charge in [-0.25, -0.2) is 0 Å². The number of rotatable bonds is 3. The number of nitrogens with one attached hydrogen (secondary N) is 1. The van der Waals surface area contributed by atoms with Crippen molar-refractivity contribution >= 4 is 29.0 Å². The van der Waals surface area contributed by atoms with Crippen LogP contribution in [-0.2, 0) is 4.79 Å². The highest BCUT2D eigenvalue weighted by molar-refractivity contribution is 7.99. The van der Waals surface area contributed by atoms with Gasteiger partial charge in [0.25, 0.3) is 0 Å². The Hall–Kier alpha value is -0.520. The third kappa shape index (κ3) is 2.63. The van der Waals surface area contributed by atoms with Gasteiger partial charge in [-0.2, -0.15) is 11.8 Å². The lowest BCUT2D eigenvalue weighted by Crippen LogP contribution is -2.46. The van der Waals surface area contributed by atoms with Crippen LogP contribution in [0.15, 0.2) is 12.1 Å². The van der Waals surface area contributed by atoms with Gasteiger partial charge in [-0.15, -0.1) is 11.3 Å². The lowest BCUT2D eigenvalue weighted by atomic mass is 9.93. The molecular formula is C15H22N2OS2. The molecule has 1 amide bonds. The average molecular weight is 310 g/mol. The van der Waals surface area contributed by atoms with Crippen LogP contribution in [0.4, 0.5) is 0 Å². The van der Waals surface area contributed by atoms with Crippen LogP contribution in [0.2, 0.25) is 0 Å². The highest BCUT2D eigenvalue weighted by atomic mass is 32.2. The molecule has 3 rings (SSSR count). The molecule has 0 spiro atoms. The summed E-state index contributed by atoms with van der Waals surface area (Å²) in [5, 5.41) is 4.00. The molecule has 3 unspecified atom stereocenters. The van der Waals surface area contributed by atoms with Gasteiger partial charge in [0.1, 0.15) is 6.17 Å². The fourth-order valence-corrected chi connectivity index (χ4v) is 5.34. The fraction of sp³-hybridized carbons (Fsp3) is 0.667. The molecule has 3 nitrogen and oxygen atoms in total. The summed E-state index contributed by atoms with van der Waals surface area (Å²) >= 11 is 3.73. The first-order valence-electron chi connectivity index (χ1n) is 7.34. The molecule has 0 bridgehead atoms. The summed E-state index contributed by atoms with van der Waals surface area (Å²) in [6.07, 6.45) is 7.23. The van der Waals surface area contributed by atoms with E-state index < -0.39 is 0 Å². The number of thioether (sulfide) groups is 1. The molecule has 5 heteroatoms. The molecule has 2 fully saturated rings. The molecule has 3 atom stereocenters. The average Bonchev–Trinajstić information content (AvgIpc) is 3.04. The Bertz CT molecular complexity index is 488. The van der Waals surface area contributed by atoms with Crippen LogP contribution in [0.3, 0.4) is 0 Å². The second kappa shape index (κ2) is 6.08. The quantitative estimate of drug-likeness (QED) is 0.931. The van der Waals surface area contributed by atoms with E-state index in [0.717, 1.165) is 6.42 Å². The second-order valence-corrected chi connectivity index (χ2v) is 8.06. The molecule has 1 aliphatic carbocycles. The van der Waals surface area contributed by atoms with Gasteiger partial charge in [-0.1, -0.05) is 12.8 Å². The van der Waals surface area contributed by atoms with Crippen molar-refractivity contribution in [2.45, 2.75) is 50.1 Å². The lowest BCUT2D eigenvalue weighted by molar-refractivity contribution is -0.130. The third-order valence-electron chi connectivity index (χ3n) is 4.37. The standard InChI is InChI=1S/C15H22N2OS2/c1-10-7-8-13(20-10)15-16-9-14(18)17(15)11-5-3-4-6-12(11)19-2/h7-8,11-12,15-16H,3-6,9H2,1-2H3. The van der Waals surface area contributed by atoms with Crippen molar-refractivity contribution in [3.8, 4) is 0 Å². The molecule has 0 aromatic carbocycles. The van der Waals surface area contributed by atoms with E-state index in [0.29, 0.717) is 17.8 Å². The van der Waals surface area contributed by atoms with Crippen LogP contribution in [0, 0.1) is 6.92 Å². The van der Waals surface area contributed by atoms with Crippen LogP contribution in [0.1, 0.15) is 41.6 Å². The number of thiophene rings is 1. The van der Waals surface area contributed by atoms with Crippen LogP contribution in [0.25, 0.3) is 0 Å². The van der Waals surface area contributed by atoms with Crippen molar-refractivity contribution in [3.63, 3.8) is 0 Å². The van der Waals surface area contributed by atoms with E-state index in [9.17, 15) is 4.79 Å².